The molecule has 1 unspecified atom stereocenters. The zero-order valence-electron chi connectivity index (χ0n) is 17.6. The molecule has 1 aliphatic heterocycles. The summed E-state index contributed by atoms with van der Waals surface area (Å²) in [6.07, 6.45) is 2.75. The van der Waals surface area contributed by atoms with Gasteiger partial charge in [0.05, 0.1) is 37.1 Å². The van der Waals surface area contributed by atoms with Gasteiger partial charge in [-0.3, -0.25) is 0 Å². The molecule has 162 valence electrons. The van der Waals surface area contributed by atoms with Crippen LogP contribution in [0.2, 0.25) is 0 Å². The van der Waals surface area contributed by atoms with Gasteiger partial charge < -0.3 is 28.8 Å². The first-order valence-corrected chi connectivity index (χ1v) is 10.3. The summed E-state index contributed by atoms with van der Waals surface area (Å²) in [5.41, 5.74) is 2.83. The van der Waals surface area contributed by atoms with Crippen LogP contribution < -0.4 is 9.64 Å². The minimum Gasteiger partial charge on any atom is -0.486 e. The third kappa shape index (κ3) is 4.28. The first-order chi connectivity index (χ1) is 15.1. The molecule has 31 heavy (non-hydrogen) atoms. The van der Waals surface area contributed by atoms with E-state index in [0.29, 0.717) is 36.6 Å². The molecule has 7 heteroatoms. The quantitative estimate of drug-likeness (QED) is 0.442. The lowest BCUT2D eigenvalue weighted by Crippen LogP contribution is -2.54. The van der Waals surface area contributed by atoms with Gasteiger partial charge >= 0.3 is 5.97 Å². The largest absolute Gasteiger partial charge is 0.486 e. The number of carbonyl (C=O) groups is 1. The molecule has 4 rings (SSSR count). The van der Waals surface area contributed by atoms with Crippen LogP contribution in [0.3, 0.4) is 0 Å². The van der Waals surface area contributed by atoms with Crippen LogP contribution in [0.15, 0.2) is 67.0 Å². The van der Waals surface area contributed by atoms with E-state index >= 15 is 0 Å². The standard InChI is InChI=1S/C24H26N2O5/c1-3-30-24(28)18-9-4-5-12-21(18)31-17-15-26(16-17)20-11-8-10-19(23(27)29-2)22(20)25-13-6-7-14-25/h4-14,17,24,28H,3,15-16H2,1-2H3. The maximum atomic E-state index is 12.4. The molecular weight excluding hydrogens is 396 g/mol. The maximum Gasteiger partial charge on any atom is 0.340 e. The summed E-state index contributed by atoms with van der Waals surface area (Å²) in [6, 6.07) is 16.8. The predicted octanol–water partition coefficient (Wildman–Crippen LogP) is 3.56. The molecule has 1 aromatic heterocycles. The van der Waals surface area contributed by atoms with Gasteiger partial charge in [0.1, 0.15) is 11.9 Å². The average Bonchev–Trinajstić information content (AvgIpc) is 3.30. The van der Waals surface area contributed by atoms with E-state index in [0.717, 1.165) is 11.4 Å². The molecule has 0 amide bonds. The fourth-order valence-corrected chi connectivity index (χ4v) is 3.74. The summed E-state index contributed by atoms with van der Waals surface area (Å²) in [6.45, 7) is 3.54. The smallest absolute Gasteiger partial charge is 0.340 e. The average molecular weight is 422 g/mol. The molecule has 0 spiro atoms. The number of nitrogens with zero attached hydrogens (tertiary/aromatic N) is 2. The van der Waals surface area contributed by atoms with Crippen LogP contribution in [-0.4, -0.2) is 48.6 Å². The van der Waals surface area contributed by atoms with E-state index in [-0.39, 0.29) is 12.1 Å². The number of aliphatic hydroxyl groups excluding tert-OH is 1. The van der Waals surface area contributed by atoms with Crippen molar-refractivity contribution in [2.75, 3.05) is 31.7 Å². The predicted molar refractivity (Wildman–Crippen MR) is 117 cm³/mol. The second-order valence-electron chi connectivity index (χ2n) is 7.25. The van der Waals surface area contributed by atoms with Crippen LogP contribution in [0, 0.1) is 0 Å². The molecule has 0 aliphatic carbocycles. The van der Waals surface area contributed by atoms with Gasteiger partial charge in [-0.1, -0.05) is 24.3 Å². The summed E-state index contributed by atoms with van der Waals surface area (Å²) < 4.78 is 18.4. The van der Waals surface area contributed by atoms with Crippen molar-refractivity contribution in [1.82, 2.24) is 4.57 Å². The van der Waals surface area contributed by atoms with Gasteiger partial charge in [-0.15, -0.1) is 0 Å². The lowest BCUT2D eigenvalue weighted by atomic mass is 10.1. The molecule has 2 heterocycles. The number of aromatic nitrogens is 1. The van der Waals surface area contributed by atoms with Crippen LogP contribution in [0.4, 0.5) is 5.69 Å². The Morgan fingerprint density at radius 3 is 2.55 bits per heavy atom. The van der Waals surface area contributed by atoms with Gasteiger partial charge in [-0.25, -0.2) is 4.79 Å². The highest BCUT2D eigenvalue weighted by Crippen LogP contribution is 2.34. The Bertz CT molecular complexity index is 1030. The molecule has 1 fully saturated rings. The number of ether oxygens (including phenoxy) is 3. The zero-order chi connectivity index (χ0) is 21.8. The third-order valence-corrected chi connectivity index (χ3v) is 5.27. The highest BCUT2D eigenvalue weighted by atomic mass is 16.6. The summed E-state index contributed by atoms with van der Waals surface area (Å²) in [5.74, 6) is 0.236. The number of hydrogen-bond donors (Lipinski definition) is 1. The van der Waals surface area contributed by atoms with E-state index in [9.17, 15) is 9.90 Å². The van der Waals surface area contributed by atoms with E-state index in [1.54, 1.807) is 12.1 Å². The SMILES string of the molecule is CCOC(O)c1ccccc1OC1CN(c2cccc(C(=O)OC)c2-n2cccc2)C1. The van der Waals surface area contributed by atoms with Crippen LogP contribution in [0.1, 0.15) is 29.1 Å². The van der Waals surface area contributed by atoms with Gasteiger partial charge in [0, 0.05) is 24.6 Å². The Hall–Kier alpha value is -3.29. The normalized spacial score (nSPS) is 14.7. The highest BCUT2D eigenvalue weighted by molar-refractivity contribution is 5.96. The molecule has 2 aromatic carbocycles. The Morgan fingerprint density at radius 2 is 1.84 bits per heavy atom. The molecule has 0 saturated carbocycles. The molecule has 7 nitrogen and oxygen atoms in total. The second-order valence-corrected chi connectivity index (χ2v) is 7.25. The minimum absolute atomic E-state index is 0.0470. The number of rotatable bonds is 8. The molecule has 3 aromatic rings. The minimum atomic E-state index is -1.02. The maximum absolute atomic E-state index is 12.4. The van der Waals surface area contributed by atoms with E-state index in [1.807, 2.05) is 66.3 Å². The second kappa shape index (κ2) is 9.24. The van der Waals surface area contributed by atoms with Gasteiger partial charge in [-0.2, -0.15) is 0 Å². The van der Waals surface area contributed by atoms with Gasteiger partial charge in [0.2, 0.25) is 0 Å². The van der Waals surface area contributed by atoms with E-state index < -0.39 is 6.29 Å². The van der Waals surface area contributed by atoms with Gasteiger partial charge in [0.25, 0.3) is 0 Å². The van der Waals surface area contributed by atoms with E-state index in [1.165, 1.54) is 7.11 Å². The Labute approximate surface area is 181 Å². The Kier molecular flexibility index (Phi) is 6.25. The first-order valence-electron chi connectivity index (χ1n) is 10.3. The highest BCUT2D eigenvalue weighted by Gasteiger charge is 2.32. The zero-order valence-corrected chi connectivity index (χ0v) is 17.6. The molecule has 1 saturated heterocycles. The molecule has 0 bridgehead atoms. The van der Waals surface area contributed by atoms with Crippen molar-refractivity contribution in [3.8, 4) is 11.4 Å². The molecule has 1 aliphatic rings. The Morgan fingerprint density at radius 1 is 1.10 bits per heavy atom. The lowest BCUT2D eigenvalue weighted by Gasteiger charge is -2.42. The van der Waals surface area contributed by atoms with Crippen LogP contribution in [-0.2, 0) is 9.47 Å². The summed E-state index contributed by atoms with van der Waals surface area (Å²) in [5, 5.41) is 10.2. The van der Waals surface area contributed by atoms with Crippen LogP contribution in [0.5, 0.6) is 5.75 Å². The van der Waals surface area contributed by atoms with Gasteiger partial charge in [0.15, 0.2) is 6.29 Å². The number of para-hydroxylation sites is 2. The number of hydrogen-bond acceptors (Lipinski definition) is 6. The van der Waals surface area contributed by atoms with Gasteiger partial charge in [-0.05, 0) is 37.3 Å². The fraction of sp³-hybridized carbons (Fsp3) is 0.292. The van der Waals surface area contributed by atoms with Crippen molar-refractivity contribution in [3.63, 3.8) is 0 Å². The molecule has 1 atom stereocenters. The van der Waals surface area contributed by atoms with Crippen LogP contribution >= 0.6 is 0 Å². The van der Waals surface area contributed by atoms with Crippen molar-refractivity contribution in [2.45, 2.75) is 19.3 Å². The topological polar surface area (TPSA) is 73.2 Å². The van der Waals surface area contributed by atoms with Crippen molar-refractivity contribution >= 4 is 11.7 Å². The molecular formula is C24H26N2O5. The van der Waals surface area contributed by atoms with E-state index in [4.69, 9.17) is 14.2 Å². The molecule has 1 N–H and O–H groups in total. The number of carbonyl (C=O) groups excluding carboxylic acids is 1. The van der Waals surface area contributed by atoms with Crippen molar-refractivity contribution in [2.24, 2.45) is 0 Å². The summed E-state index contributed by atoms with van der Waals surface area (Å²) in [4.78, 5) is 14.5. The third-order valence-electron chi connectivity index (χ3n) is 5.27. The lowest BCUT2D eigenvalue weighted by molar-refractivity contribution is -0.0995. The number of esters is 1. The van der Waals surface area contributed by atoms with Crippen molar-refractivity contribution in [1.29, 1.82) is 0 Å². The van der Waals surface area contributed by atoms with Crippen molar-refractivity contribution in [3.05, 3.63) is 78.1 Å². The number of methoxy groups -OCH3 is 1. The number of benzene rings is 2. The molecule has 0 radical (unpaired) electrons. The van der Waals surface area contributed by atoms with E-state index in [2.05, 4.69) is 4.90 Å². The van der Waals surface area contributed by atoms with Crippen molar-refractivity contribution < 1.29 is 24.1 Å². The fourth-order valence-electron chi connectivity index (χ4n) is 3.74. The summed E-state index contributed by atoms with van der Waals surface area (Å²) >= 11 is 0. The first kappa shape index (κ1) is 21.0. The summed E-state index contributed by atoms with van der Waals surface area (Å²) in [7, 11) is 1.38. The monoisotopic (exact) mass is 422 g/mol. The Balaban J connectivity index is 1.53. The number of anilines is 1. The van der Waals surface area contributed by atoms with Crippen LogP contribution in [0.25, 0.3) is 5.69 Å². The number of aliphatic hydroxyl groups is 1.